The van der Waals surface area contributed by atoms with Crippen LogP contribution in [0, 0.1) is 0 Å². The average molecular weight is 294 g/mol. The second kappa shape index (κ2) is 5.01. The topological polar surface area (TPSA) is 26.3 Å². The summed E-state index contributed by atoms with van der Waals surface area (Å²) in [5, 5.41) is 3.42. The minimum atomic E-state index is 0.250. The fourth-order valence-corrected chi connectivity index (χ4v) is 3.77. The third kappa shape index (κ3) is 2.24. The average Bonchev–Trinajstić information content (AvgIpc) is 3.09. The summed E-state index contributed by atoms with van der Waals surface area (Å²) >= 11 is 1.74. The van der Waals surface area contributed by atoms with E-state index in [1.807, 2.05) is 18.2 Å². The van der Waals surface area contributed by atoms with Crippen LogP contribution in [-0.4, -0.2) is 5.78 Å². The van der Waals surface area contributed by atoms with Gasteiger partial charge in [0.1, 0.15) is 12.4 Å². The summed E-state index contributed by atoms with van der Waals surface area (Å²) in [5.74, 6) is 1.10. The van der Waals surface area contributed by atoms with E-state index in [1.54, 1.807) is 11.3 Å². The maximum absolute atomic E-state index is 11.6. The molecule has 3 aromatic rings. The lowest BCUT2D eigenvalue weighted by Gasteiger charge is -2.07. The van der Waals surface area contributed by atoms with Crippen molar-refractivity contribution < 1.29 is 9.53 Å². The second-order valence-electron chi connectivity index (χ2n) is 5.29. The molecule has 0 atom stereocenters. The van der Waals surface area contributed by atoms with E-state index in [0.717, 1.165) is 23.3 Å². The third-order valence-electron chi connectivity index (χ3n) is 3.95. The molecular formula is C18H14O2S. The van der Waals surface area contributed by atoms with E-state index in [1.165, 1.54) is 15.6 Å². The molecule has 0 aliphatic heterocycles. The van der Waals surface area contributed by atoms with Crippen LogP contribution in [0.1, 0.15) is 27.9 Å². The number of hydrogen-bond acceptors (Lipinski definition) is 3. The number of thiophene rings is 1. The standard InChI is InChI=1S/C18H14O2S/c19-17-8-5-12-9-14(6-7-15(12)17)20-10-13-11-21-18-4-2-1-3-16(13)18/h1-4,6-7,9,11H,5,8,10H2. The molecule has 0 saturated heterocycles. The van der Waals surface area contributed by atoms with Crippen molar-refractivity contribution in [2.45, 2.75) is 19.4 Å². The molecule has 0 bridgehead atoms. The molecule has 0 spiro atoms. The van der Waals surface area contributed by atoms with Gasteiger partial charge in [-0.05, 0) is 47.0 Å². The Labute approximate surface area is 127 Å². The zero-order chi connectivity index (χ0) is 14.2. The van der Waals surface area contributed by atoms with Crippen LogP contribution in [-0.2, 0) is 13.0 Å². The molecule has 1 aromatic heterocycles. The fourth-order valence-electron chi connectivity index (χ4n) is 2.83. The zero-order valence-corrected chi connectivity index (χ0v) is 12.3. The van der Waals surface area contributed by atoms with Crippen LogP contribution in [0.25, 0.3) is 10.1 Å². The number of carbonyl (C=O) groups is 1. The number of benzene rings is 2. The van der Waals surface area contributed by atoms with E-state index in [0.29, 0.717) is 13.0 Å². The molecular weight excluding hydrogens is 280 g/mol. The summed E-state index contributed by atoms with van der Waals surface area (Å²) in [6.45, 7) is 0.566. The van der Waals surface area contributed by atoms with Gasteiger partial charge in [-0.3, -0.25) is 4.79 Å². The number of hydrogen-bond donors (Lipinski definition) is 0. The molecule has 1 heterocycles. The molecule has 21 heavy (non-hydrogen) atoms. The highest BCUT2D eigenvalue weighted by atomic mass is 32.1. The van der Waals surface area contributed by atoms with E-state index < -0.39 is 0 Å². The molecule has 0 saturated carbocycles. The van der Waals surface area contributed by atoms with Gasteiger partial charge in [0.2, 0.25) is 0 Å². The number of carbonyl (C=O) groups excluding carboxylic acids is 1. The van der Waals surface area contributed by atoms with Crippen LogP contribution in [0.2, 0.25) is 0 Å². The molecule has 0 N–H and O–H groups in total. The van der Waals surface area contributed by atoms with Crippen molar-refractivity contribution in [2.24, 2.45) is 0 Å². The molecule has 0 unspecified atom stereocenters. The van der Waals surface area contributed by atoms with Crippen molar-refractivity contribution >= 4 is 27.2 Å². The predicted molar refractivity (Wildman–Crippen MR) is 85.3 cm³/mol. The lowest BCUT2D eigenvalue weighted by atomic mass is 10.1. The van der Waals surface area contributed by atoms with E-state index >= 15 is 0 Å². The van der Waals surface area contributed by atoms with E-state index in [2.05, 4.69) is 29.6 Å². The minimum Gasteiger partial charge on any atom is -0.489 e. The Hall–Kier alpha value is -2.13. The molecule has 2 nitrogen and oxygen atoms in total. The van der Waals surface area contributed by atoms with Gasteiger partial charge in [-0.1, -0.05) is 18.2 Å². The molecule has 0 fully saturated rings. The molecule has 0 amide bonds. The highest BCUT2D eigenvalue weighted by molar-refractivity contribution is 7.17. The van der Waals surface area contributed by atoms with Gasteiger partial charge >= 0.3 is 0 Å². The number of ether oxygens (including phenoxy) is 1. The van der Waals surface area contributed by atoms with Gasteiger partial charge < -0.3 is 4.74 Å². The Balaban J connectivity index is 1.56. The van der Waals surface area contributed by atoms with Gasteiger partial charge in [-0.25, -0.2) is 0 Å². The second-order valence-corrected chi connectivity index (χ2v) is 6.20. The summed E-state index contributed by atoms with van der Waals surface area (Å²) in [5.41, 5.74) is 3.20. The monoisotopic (exact) mass is 294 g/mol. The first kappa shape index (κ1) is 12.6. The van der Waals surface area contributed by atoms with Crippen LogP contribution in [0.15, 0.2) is 47.8 Å². The first-order valence-electron chi connectivity index (χ1n) is 7.05. The predicted octanol–water partition coefficient (Wildman–Crippen LogP) is 4.61. The smallest absolute Gasteiger partial charge is 0.163 e. The molecule has 1 aliphatic carbocycles. The van der Waals surface area contributed by atoms with Crippen LogP contribution < -0.4 is 4.74 Å². The summed E-state index contributed by atoms with van der Waals surface area (Å²) < 4.78 is 7.20. The number of rotatable bonds is 3. The molecule has 104 valence electrons. The van der Waals surface area contributed by atoms with E-state index in [4.69, 9.17) is 4.74 Å². The van der Waals surface area contributed by atoms with Gasteiger partial charge in [0, 0.05) is 22.2 Å². The quantitative estimate of drug-likeness (QED) is 0.705. The summed E-state index contributed by atoms with van der Waals surface area (Å²) in [6.07, 6.45) is 1.47. The normalized spacial score (nSPS) is 13.6. The van der Waals surface area contributed by atoms with E-state index in [-0.39, 0.29) is 5.78 Å². The van der Waals surface area contributed by atoms with Gasteiger partial charge in [-0.15, -0.1) is 11.3 Å². The molecule has 1 aliphatic rings. The van der Waals surface area contributed by atoms with Crippen LogP contribution in [0.5, 0.6) is 5.75 Å². The van der Waals surface area contributed by atoms with Gasteiger partial charge in [0.25, 0.3) is 0 Å². The van der Waals surface area contributed by atoms with E-state index in [9.17, 15) is 4.79 Å². The summed E-state index contributed by atoms with van der Waals surface area (Å²) in [7, 11) is 0. The maximum atomic E-state index is 11.6. The number of ketones is 1. The lowest BCUT2D eigenvalue weighted by Crippen LogP contribution is -1.96. The molecule has 3 heteroatoms. The Morgan fingerprint density at radius 2 is 2.00 bits per heavy atom. The van der Waals surface area contributed by atoms with Gasteiger partial charge in [0.15, 0.2) is 5.78 Å². The molecule has 2 aromatic carbocycles. The minimum absolute atomic E-state index is 0.250. The first-order valence-corrected chi connectivity index (χ1v) is 7.93. The Kier molecular flexibility index (Phi) is 3.00. The van der Waals surface area contributed by atoms with Crippen molar-refractivity contribution in [2.75, 3.05) is 0 Å². The molecule has 4 rings (SSSR count). The first-order chi connectivity index (χ1) is 10.3. The number of Topliss-reactive ketones (excluding diaryl/α,β-unsaturated/α-hetero) is 1. The van der Waals surface area contributed by atoms with Gasteiger partial charge in [0.05, 0.1) is 0 Å². The van der Waals surface area contributed by atoms with Crippen molar-refractivity contribution in [3.63, 3.8) is 0 Å². The van der Waals surface area contributed by atoms with Crippen LogP contribution in [0.3, 0.4) is 0 Å². The largest absolute Gasteiger partial charge is 0.489 e. The lowest BCUT2D eigenvalue weighted by molar-refractivity contribution is 0.0994. The summed E-state index contributed by atoms with van der Waals surface area (Å²) in [4.78, 5) is 11.6. The highest BCUT2D eigenvalue weighted by Crippen LogP contribution is 2.29. The number of fused-ring (bicyclic) bond motifs is 2. The summed E-state index contributed by atoms with van der Waals surface area (Å²) in [6, 6.07) is 14.2. The maximum Gasteiger partial charge on any atom is 0.163 e. The highest BCUT2D eigenvalue weighted by Gasteiger charge is 2.19. The van der Waals surface area contributed by atoms with Crippen molar-refractivity contribution in [1.29, 1.82) is 0 Å². The Bertz CT molecular complexity index is 832. The Morgan fingerprint density at radius 1 is 1.10 bits per heavy atom. The SMILES string of the molecule is O=C1CCc2cc(OCc3csc4ccccc34)ccc21. The van der Waals surface area contributed by atoms with Crippen LogP contribution >= 0.6 is 11.3 Å². The zero-order valence-electron chi connectivity index (χ0n) is 11.5. The van der Waals surface area contributed by atoms with Crippen molar-refractivity contribution in [3.8, 4) is 5.75 Å². The van der Waals surface area contributed by atoms with Crippen molar-refractivity contribution in [3.05, 3.63) is 64.5 Å². The molecule has 0 radical (unpaired) electrons. The van der Waals surface area contributed by atoms with Crippen molar-refractivity contribution in [1.82, 2.24) is 0 Å². The van der Waals surface area contributed by atoms with Crippen LogP contribution in [0.4, 0.5) is 0 Å². The number of aryl methyl sites for hydroxylation is 1. The fraction of sp³-hybridized carbons (Fsp3) is 0.167. The van der Waals surface area contributed by atoms with Gasteiger partial charge in [-0.2, -0.15) is 0 Å². The third-order valence-corrected chi connectivity index (χ3v) is 4.97. The Morgan fingerprint density at radius 3 is 2.95 bits per heavy atom.